The summed E-state index contributed by atoms with van der Waals surface area (Å²) in [6, 6.07) is 15.7. The maximum atomic E-state index is 13.7. The van der Waals surface area contributed by atoms with Crippen molar-refractivity contribution >= 4 is 22.7 Å². The average molecular weight is 438 g/mol. The van der Waals surface area contributed by atoms with Crippen LogP contribution in [-0.2, 0) is 0 Å². The number of ether oxygens (including phenoxy) is 1. The Hall–Kier alpha value is -4.19. The summed E-state index contributed by atoms with van der Waals surface area (Å²) < 4.78 is 11.7. The zero-order valence-corrected chi connectivity index (χ0v) is 18.4. The summed E-state index contributed by atoms with van der Waals surface area (Å²) in [5.41, 5.74) is 3.09. The fourth-order valence-electron chi connectivity index (χ4n) is 4.22. The van der Waals surface area contributed by atoms with Gasteiger partial charge in [0.2, 0.25) is 5.76 Å². The van der Waals surface area contributed by atoms with Crippen molar-refractivity contribution in [2.75, 3.05) is 11.5 Å². The van der Waals surface area contributed by atoms with Crippen LogP contribution in [0.2, 0.25) is 0 Å². The van der Waals surface area contributed by atoms with Crippen molar-refractivity contribution in [3.05, 3.63) is 112 Å². The molecule has 0 radical (unpaired) electrons. The summed E-state index contributed by atoms with van der Waals surface area (Å²) >= 11 is 0. The summed E-state index contributed by atoms with van der Waals surface area (Å²) in [5.74, 6) is 0.715. The number of carbonyl (C=O) groups is 1. The molecule has 2 aromatic heterocycles. The number of rotatable bonds is 5. The van der Waals surface area contributed by atoms with Gasteiger partial charge in [0, 0.05) is 6.20 Å². The highest BCUT2D eigenvalue weighted by Gasteiger charge is 2.44. The van der Waals surface area contributed by atoms with Gasteiger partial charge < -0.3 is 9.15 Å². The van der Waals surface area contributed by atoms with Crippen LogP contribution in [0, 0.1) is 13.8 Å². The lowest BCUT2D eigenvalue weighted by Crippen LogP contribution is -2.30. The predicted molar refractivity (Wildman–Crippen MR) is 127 cm³/mol. The lowest BCUT2D eigenvalue weighted by molar-refractivity contribution is 0.0970. The Bertz CT molecular complexity index is 1470. The maximum absolute atomic E-state index is 13.7. The topological polar surface area (TPSA) is 72.6 Å². The molecule has 2 aromatic carbocycles. The first kappa shape index (κ1) is 20.7. The number of amides is 1. The van der Waals surface area contributed by atoms with E-state index in [0.29, 0.717) is 34.7 Å². The number of hydrogen-bond donors (Lipinski definition) is 0. The van der Waals surface area contributed by atoms with Gasteiger partial charge in [-0.15, -0.1) is 0 Å². The lowest BCUT2D eigenvalue weighted by Gasteiger charge is -2.24. The highest BCUT2D eigenvalue weighted by molar-refractivity contribution is 6.10. The quantitative estimate of drug-likeness (QED) is 0.405. The van der Waals surface area contributed by atoms with Crippen molar-refractivity contribution in [2.24, 2.45) is 0 Å². The molecular formula is C27H22N2O4. The Morgan fingerprint density at radius 3 is 2.70 bits per heavy atom. The number of aryl methyl sites for hydroxylation is 2. The second-order valence-corrected chi connectivity index (χ2v) is 8.11. The van der Waals surface area contributed by atoms with Crippen LogP contribution in [0.4, 0.5) is 5.82 Å². The molecule has 33 heavy (non-hydrogen) atoms. The second-order valence-electron chi connectivity index (χ2n) is 8.11. The molecule has 164 valence electrons. The molecule has 1 atom stereocenters. The zero-order valence-electron chi connectivity index (χ0n) is 18.4. The molecule has 3 heterocycles. The van der Waals surface area contributed by atoms with Crippen LogP contribution in [0.3, 0.4) is 0 Å². The number of hydrogen-bond acceptors (Lipinski definition) is 5. The minimum Gasteiger partial charge on any atom is -0.490 e. The van der Waals surface area contributed by atoms with E-state index in [-0.39, 0.29) is 11.2 Å². The molecule has 0 fully saturated rings. The molecule has 0 saturated carbocycles. The van der Waals surface area contributed by atoms with Gasteiger partial charge in [0.25, 0.3) is 5.91 Å². The van der Waals surface area contributed by atoms with Crippen LogP contribution in [0.5, 0.6) is 5.75 Å². The van der Waals surface area contributed by atoms with Crippen LogP contribution in [0.25, 0.3) is 11.0 Å². The van der Waals surface area contributed by atoms with E-state index in [1.165, 1.54) is 4.90 Å². The average Bonchev–Trinajstić information content (AvgIpc) is 3.11. The summed E-state index contributed by atoms with van der Waals surface area (Å²) in [6.07, 6.45) is 3.31. The van der Waals surface area contributed by atoms with Crippen molar-refractivity contribution < 1.29 is 13.9 Å². The molecular weight excluding hydrogens is 416 g/mol. The first-order chi connectivity index (χ1) is 16.0. The van der Waals surface area contributed by atoms with Gasteiger partial charge in [0.15, 0.2) is 5.43 Å². The van der Waals surface area contributed by atoms with E-state index in [0.717, 1.165) is 16.7 Å². The van der Waals surface area contributed by atoms with Gasteiger partial charge >= 0.3 is 0 Å². The van der Waals surface area contributed by atoms with E-state index in [1.54, 1.807) is 24.4 Å². The molecule has 1 aliphatic heterocycles. The van der Waals surface area contributed by atoms with Gasteiger partial charge in [-0.25, -0.2) is 4.98 Å². The number of carbonyl (C=O) groups excluding carboxylic acids is 1. The largest absolute Gasteiger partial charge is 0.490 e. The van der Waals surface area contributed by atoms with Crippen LogP contribution in [-0.4, -0.2) is 17.5 Å². The number of fused-ring (bicyclic) bond motifs is 2. The zero-order chi connectivity index (χ0) is 23.1. The molecule has 6 heteroatoms. The summed E-state index contributed by atoms with van der Waals surface area (Å²) in [4.78, 5) is 33.3. The molecule has 0 spiro atoms. The van der Waals surface area contributed by atoms with E-state index >= 15 is 0 Å². The molecule has 0 aliphatic carbocycles. The van der Waals surface area contributed by atoms with E-state index in [1.807, 2.05) is 56.3 Å². The normalized spacial score (nSPS) is 15.0. The fraction of sp³-hybridized carbons (Fsp3) is 0.148. The van der Waals surface area contributed by atoms with Crippen LogP contribution in [0.1, 0.15) is 38.9 Å². The minimum atomic E-state index is -0.699. The van der Waals surface area contributed by atoms with Crippen molar-refractivity contribution in [3.63, 3.8) is 0 Å². The third-order valence-electron chi connectivity index (χ3n) is 5.72. The number of pyridine rings is 1. The smallest absolute Gasteiger partial charge is 0.296 e. The fourth-order valence-corrected chi connectivity index (χ4v) is 4.22. The number of benzene rings is 2. The van der Waals surface area contributed by atoms with Crippen LogP contribution < -0.4 is 15.1 Å². The lowest BCUT2D eigenvalue weighted by atomic mass is 9.98. The number of nitrogens with zero attached hydrogens (tertiary/aromatic N) is 2. The molecule has 6 nitrogen and oxygen atoms in total. The van der Waals surface area contributed by atoms with E-state index in [2.05, 4.69) is 11.6 Å². The molecule has 4 aromatic rings. The van der Waals surface area contributed by atoms with Gasteiger partial charge in [-0.2, -0.15) is 0 Å². The van der Waals surface area contributed by atoms with E-state index in [4.69, 9.17) is 9.15 Å². The Balaban J connectivity index is 1.78. The first-order valence-electron chi connectivity index (χ1n) is 10.6. The third-order valence-corrected chi connectivity index (χ3v) is 5.72. The summed E-state index contributed by atoms with van der Waals surface area (Å²) in [7, 11) is 0. The van der Waals surface area contributed by atoms with Crippen molar-refractivity contribution in [2.45, 2.75) is 19.9 Å². The molecule has 0 bridgehead atoms. The molecule has 1 aliphatic rings. The van der Waals surface area contributed by atoms with Crippen molar-refractivity contribution in [3.8, 4) is 5.75 Å². The second kappa shape index (κ2) is 8.06. The molecule has 5 rings (SSSR count). The Labute approximate surface area is 190 Å². The van der Waals surface area contributed by atoms with Crippen LogP contribution in [0.15, 0.2) is 82.7 Å². The molecule has 0 N–H and O–H groups in total. The van der Waals surface area contributed by atoms with Crippen molar-refractivity contribution in [1.29, 1.82) is 0 Å². The van der Waals surface area contributed by atoms with Gasteiger partial charge in [-0.05, 0) is 61.4 Å². The van der Waals surface area contributed by atoms with Gasteiger partial charge in [-0.1, -0.05) is 36.4 Å². The molecule has 1 amide bonds. The Morgan fingerprint density at radius 1 is 1.09 bits per heavy atom. The minimum absolute atomic E-state index is 0.0436. The number of aromatic nitrogens is 1. The van der Waals surface area contributed by atoms with Gasteiger partial charge in [0.1, 0.15) is 23.8 Å². The monoisotopic (exact) mass is 438 g/mol. The van der Waals surface area contributed by atoms with E-state index < -0.39 is 11.9 Å². The van der Waals surface area contributed by atoms with Gasteiger partial charge in [0.05, 0.1) is 17.0 Å². The highest BCUT2D eigenvalue weighted by Crippen LogP contribution is 2.41. The summed E-state index contributed by atoms with van der Waals surface area (Å²) in [5, 5.41) is 0.449. The van der Waals surface area contributed by atoms with Crippen LogP contribution >= 0.6 is 0 Å². The predicted octanol–water partition coefficient (Wildman–Crippen LogP) is 5.12. The molecule has 0 saturated heterocycles. The molecule has 1 unspecified atom stereocenters. The van der Waals surface area contributed by atoms with E-state index in [9.17, 15) is 9.59 Å². The van der Waals surface area contributed by atoms with Gasteiger partial charge in [-0.3, -0.25) is 14.5 Å². The highest BCUT2D eigenvalue weighted by atomic mass is 16.5. The standard InChI is InChI=1S/C27H22N2O4/c1-4-12-32-19-7-5-6-18(15-19)24-23-25(30)20-13-16(2)8-9-21(20)33-26(23)27(31)29(24)22-14-17(3)10-11-28-22/h4-11,13-15,24H,1,12H2,2-3H3. The maximum Gasteiger partial charge on any atom is 0.296 e. The Kier molecular flexibility index (Phi) is 5.05. The SMILES string of the molecule is C=CCOc1cccc(C2c3c(oc4ccc(C)cc4c3=O)C(=O)N2c2cc(C)ccn2)c1. The number of anilines is 1. The van der Waals surface area contributed by atoms with Crippen molar-refractivity contribution in [1.82, 2.24) is 4.98 Å². The summed E-state index contributed by atoms with van der Waals surface area (Å²) in [6.45, 7) is 7.87. The first-order valence-corrected chi connectivity index (χ1v) is 10.6. The Morgan fingerprint density at radius 2 is 1.91 bits per heavy atom. The third kappa shape index (κ3) is 3.49.